The zero-order valence-electron chi connectivity index (χ0n) is 22.3. The van der Waals surface area contributed by atoms with Gasteiger partial charge in [0.05, 0.1) is 12.5 Å². The number of rotatable bonds is 7. The highest BCUT2D eigenvalue weighted by atomic mass is 16.5. The van der Waals surface area contributed by atoms with E-state index in [-0.39, 0.29) is 5.92 Å². The van der Waals surface area contributed by atoms with Gasteiger partial charge >= 0.3 is 0 Å². The van der Waals surface area contributed by atoms with Crippen LogP contribution in [0.25, 0.3) is 10.9 Å². The van der Waals surface area contributed by atoms with Gasteiger partial charge in [-0.15, -0.1) is 0 Å². The lowest BCUT2D eigenvalue weighted by Crippen LogP contribution is -2.48. The van der Waals surface area contributed by atoms with Crippen molar-refractivity contribution in [2.45, 2.75) is 44.7 Å². The number of piperidine rings is 1. The monoisotopic (exact) mass is 500 g/mol. The zero-order valence-corrected chi connectivity index (χ0v) is 22.3. The predicted molar refractivity (Wildman–Crippen MR) is 148 cm³/mol. The molecule has 0 saturated carbocycles. The van der Waals surface area contributed by atoms with Gasteiger partial charge in [-0.1, -0.05) is 24.3 Å². The summed E-state index contributed by atoms with van der Waals surface area (Å²) in [6.45, 7) is 5.00. The van der Waals surface area contributed by atoms with Gasteiger partial charge in [-0.05, 0) is 81.1 Å². The number of aromatic nitrogens is 1. The molecule has 1 aromatic heterocycles. The Labute approximate surface area is 220 Å². The molecule has 6 nitrogen and oxygen atoms in total. The Balaban J connectivity index is 1.17. The van der Waals surface area contributed by atoms with E-state index in [0.29, 0.717) is 24.5 Å². The molecule has 2 fully saturated rings. The molecule has 3 aromatic rings. The molecule has 37 heavy (non-hydrogen) atoms. The van der Waals surface area contributed by atoms with Crippen LogP contribution in [-0.4, -0.2) is 78.5 Å². The predicted octanol–water partition coefficient (Wildman–Crippen LogP) is 4.34. The lowest BCUT2D eigenvalue weighted by Gasteiger charge is -2.38. The average molecular weight is 501 g/mol. The number of ether oxygens (including phenoxy) is 1. The Morgan fingerprint density at radius 1 is 1.08 bits per heavy atom. The van der Waals surface area contributed by atoms with Crippen LogP contribution in [0.5, 0.6) is 5.75 Å². The number of amides is 1. The van der Waals surface area contributed by atoms with Crippen LogP contribution in [-0.2, 0) is 24.2 Å². The molecule has 0 radical (unpaired) electrons. The number of para-hydroxylation sites is 1. The fourth-order valence-electron chi connectivity index (χ4n) is 6.71. The molecule has 1 aliphatic carbocycles. The van der Waals surface area contributed by atoms with Crippen molar-refractivity contribution in [1.82, 2.24) is 19.7 Å². The number of nitrogens with zero attached hydrogens (tertiary/aromatic N) is 3. The largest absolute Gasteiger partial charge is 0.493 e. The Hall–Kier alpha value is -2.83. The third-order valence-corrected chi connectivity index (χ3v) is 8.79. The SMILES string of the molecule is CN(C)C1CCN(C(=O)[C@@H]2C[C@H](COc3ccc4c(c3)CCC4)CN(Cc3c[nH]c4ccccc34)C2)C1. The van der Waals surface area contributed by atoms with Crippen LogP contribution in [0, 0.1) is 11.8 Å². The standard InChI is InChI=1S/C31H40N4O2/c1-33(2)27-12-13-35(20-27)31(36)25-14-22(21-37-28-11-10-23-6-5-7-24(23)15-28)17-34(18-25)19-26-16-32-30-9-4-3-8-29(26)30/h3-4,8-11,15-16,22,25,27,32H,5-7,12-14,17-21H2,1-2H3/t22-,25+,27?/m0/s1. The molecule has 2 aliphatic heterocycles. The molecule has 2 aromatic carbocycles. The second kappa shape index (κ2) is 10.5. The molecule has 1 unspecified atom stereocenters. The van der Waals surface area contributed by atoms with Crippen LogP contribution >= 0.6 is 0 Å². The van der Waals surface area contributed by atoms with E-state index in [9.17, 15) is 4.79 Å². The summed E-state index contributed by atoms with van der Waals surface area (Å²) in [5, 5.41) is 1.27. The van der Waals surface area contributed by atoms with Gasteiger partial charge in [-0.3, -0.25) is 9.69 Å². The molecule has 2 saturated heterocycles. The molecule has 6 heteroatoms. The van der Waals surface area contributed by atoms with Crippen LogP contribution < -0.4 is 4.74 Å². The number of hydrogen-bond acceptors (Lipinski definition) is 4. The van der Waals surface area contributed by atoms with Crippen LogP contribution in [0.15, 0.2) is 48.7 Å². The number of aryl methyl sites for hydroxylation is 2. The normalized spacial score (nSPS) is 24.2. The Bertz CT molecular complexity index is 1250. The van der Waals surface area contributed by atoms with Gasteiger partial charge in [0.1, 0.15) is 5.75 Å². The van der Waals surface area contributed by atoms with Crippen LogP contribution in [0.2, 0.25) is 0 Å². The van der Waals surface area contributed by atoms with Crippen molar-refractivity contribution in [2.75, 3.05) is 46.9 Å². The Kier molecular flexibility index (Phi) is 6.96. The molecular formula is C31H40N4O2. The number of benzene rings is 2. The van der Waals surface area contributed by atoms with Crippen molar-refractivity contribution in [1.29, 1.82) is 0 Å². The van der Waals surface area contributed by atoms with Crippen molar-refractivity contribution in [2.24, 2.45) is 11.8 Å². The minimum absolute atomic E-state index is 0.0217. The Morgan fingerprint density at radius 2 is 1.95 bits per heavy atom. The summed E-state index contributed by atoms with van der Waals surface area (Å²) in [7, 11) is 4.24. The number of carbonyl (C=O) groups excluding carboxylic acids is 1. The van der Waals surface area contributed by atoms with Crippen LogP contribution in [0.3, 0.4) is 0 Å². The molecular weight excluding hydrogens is 460 g/mol. The number of likely N-dealkylation sites (tertiary alicyclic amines) is 2. The number of H-pyrrole nitrogens is 1. The summed E-state index contributed by atoms with van der Waals surface area (Å²) < 4.78 is 6.36. The highest BCUT2D eigenvalue weighted by Crippen LogP contribution is 2.30. The lowest BCUT2D eigenvalue weighted by molar-refractivity contribution is -0.137. The van der Waals surface area contributed by atoms with E-state index >= 15 is 0 Å². The van der Waals surface area contributed by atoms with E-state index in [4.69, 9.17) is 4.74 Å². The fourth-order valence-corrected chi connectivity index (χ4v) is 6.71. The summed E-state index contributed by atoms with van der Waals surface area (Å²) in [6.07, 6.45) is 7.70. The third-order valence-electron chi connectivity index (χ3n) is 8.79. The summed E-state index contributed by atoms with van der Waals surface area (Å²) in [6, 6.07) is 15.6. The first-order valence-corrected chi connectivity index (χ1v) is 14.0. The van der Waals surface area contributed by atoms with Gasteiger partial charge in [0.2, 0.25) is 5.91 Å². The van der Waals surface area contributed by atoms with Crippen molar-refractivity contribution >= 4 is 16.8 Å². The summed E-state index contributed by atoms with van der Waals surface area (Å²) >= 11 is 0. The maximum atomic E-state index is 13.7. The fraction of sp³-hybridized carbons (Fsp3) is 0.516. The van der Waals surface area contributed by atoms with E-state index in [0.717, 1.165) is 57.7 Å². The number of hydrogen-bond donors (Lipinski definition) is 1. The van der Waals surface area contributed by atoms with Gasteiger partial charge < -0.3 is 19.5 Å². The summed E-state index contributed by atoms with van der Waals surface area (Å²) in [5.74, 6) is 1.66. The zero-order chi connectivity index (χ0) is 25.4. The lowest BCUT2D eigenvalue weighted by atomic mass is 9.88. The minimum atomic E-state index is 0.0217. The summed E-state index contributed by atoms with van der Waals surface area (Å²) in [4.78, 5) is 24.0. The average Bonchev–Trinajstić information content (AvgIpc) is 3.67. The number of aromatic amines is 1. The molecule has 196 valence electrons. The number of carbonyl (C=O) groups is 1. The van der Waals surface area contributed by atoms with Gasteiger partial charge in [0, 0.05) is 61.8 Å². The van der Waals surface area contributed by atoms with Crippen molar-refractivity contribution in [3.05, 3.63) is 65.4 Å². The molecule has 3 atom stereocenters. The maximum absolute atomic E-state index is 13.7. The topological polar surface area (TPSA) is 51.8 Å². The quantitative estimate of drug-likeness (QED) is 0.525. The molecule has 0 bridgehead atoms. The molecule has 1 N–H and O–H groups in total. The molecule has 3 heterocycles. The van der Waals surface area contributed by atoms with Gasteiger partial charge in [-0.2, -0.15) is 0 Å². The van der Waals surface area contributed by atoms with E-state index in [1.165, 1.54) is 40.4 Å². The van der Waals surface area contributed by atoms with E-state index < -0.39 is 0 Å². The van der Waals surface area contributed by atoms with E-state index in [1.54, 1.807) is 0 Å². The van der Waals surface area contributed by atoms with Gasteiger partial charge in [-0.25, -0.2) is 0 Å². The van der Waals surface area contributed by atoms with E-state index in [2.05, 4.69) is 82.4 Å². The van der Waals surface area contributed by atoms with Gasteiger partial charge in [0.15, 0.2) is 0 Å². The number of likely N-dealkylation sites (N-methyl/N-ethyl adjacent to an activating group) is 1. The van der Waals surface area contributed by atoms with Crippen LogP contribution in [0.4, 0.5) is 0 Å². The number of nitrogens with one attached hydrogen (secondary N) is 1. The van der Waals surface area contributed by atoms with Crippen LogP contribution in [0.1, 0.15) is 36.0 Å². The molecule has 0 spiro atoms. The first-order chi connectivity index (χ1) is 18.0. The maximum Gasteiger partial charge on any atom is 0.227 e. The first-order valence-electron chi connectivity index (χ1n) is 14.0. The highest BCUT2D eigenvalue weighted by Gasteiger charge is 2.37. The number of fused-ring (bicyclic) bond motifs is 2. The van der Waals surface area contributed by atoms with Crippen molar-refractivity contribution < 1.29 is 9.53 Å². The van der Waals surface area contributed by atoms with E-state index in [1.807, 2.05) is 0 Å². The van der Waals surface area contributed by atoms with Crippen molar-refractivity contribution in [3.63, 3.8) is 0 Å². The third kappa shape index (κ3) is 5.27. The smallest absolute Gasteiger partial charge is 0.227 e. The second-order valence-electron chi connectivity index (χ2n) is 11.6. The minimum Gasteiger partial charge on any atom is -0.493 e. The van der Waals surface area contributed by atoms with Gasteiger partial charge in [0.25, 0.3) is 0 Å². The Morgan fingerprint density at radius 3 is 2.81 bits per heavy atom. The second-order valence-corrected chi connectivity index (χ2v) is 11.6. The molecule has 1 amide bonds. The first kappa shape index (κ1) is 24.5. The molecule has 3 aliphatic rings. The summed E-state index contributed by atoms with van der Waals surface area (Å²) in [5.41, 5.74) is 5.39. The molecule has 6 rings (SSSR count). The van der Waals surface area contributed by atoms with Crippen molar-refractivity contribution in [3.8, 4) is 5.75 Å². The highest BCUT2D eigenvalue weighted by molar-refractivity contribution is 5.83.